The molecule has 1 rings (SSSR count). The zero-order chi connectivity index (χ0) is 9.84. The maximum Gasteiger partial charge on any atom is 1.00 e. The number of carbonyl (C=O) groups excluding carboxylic acids is 1. The van der Waals surface area contributed by atoms with Crippen molar-refractivity contribution in [2.45, 2.75) is 0 Å². The average Bonchev–Trinajstić information content (AvgIpc) is 2.04. The van der Waals surface area contributed by atoms with Crippen molar-refractivity contribution in [3.63, 3.8) is 0 Å². The second kappa shape index (κ2) is 6.19. The second-order valence-corrected chi connectivity index (χ2v) is 2.67. The molecule has 0 bridgehead atoms. The molecule has 0 aliphatic rings. The number of hydrogen-bond donors (Lipinski definition) is 0. The predicted octanol–water partition coefficient (Wildman–Crippen LogP) is -1.46. The molecule has 14 heavy (non-hydrogen) atoms. The van der Waals surface area contributed by atoms with Crippen LogP contribution in [0.2, 0.25) is 5.02 Å². The van der Waals surface area contributed by atoms with E-state index in [0.717, 1.165) is 12.1 Å². The predicted molar refractivity (Wildman–Crippen MR) is 44.9 cm³/mol. The van der Waals surface area contributed by atoms with Gasteiger partial charge >= 0.3 is 29.6 Å². The largest absolute Gasteiger partial charge is 1.00 e. The van der Waals surface area contributed by atoms with Gasteiger partial charge in [-0.3, -0.25) is 4.79 Å². The van der Waals surface area contributed by atoms with E-state index in [2.05, 4.69) is 0 Å². The number of rotatable bonds is 2. The number of benzene rings is 1. The summed E-state index contributed by atoms with van der Waals surface area (Å²) in [6.45, 7) is 0. The summed E-state index contributed by atoms with van der Waals surface area (Å²) in [5, 5.41) is 9.97. The van der Waals surface area contributed by atoms with E-state index in [1.54, 1.807) is 0 Å². The molecule has 68 valence electrons. The first kappa shape index (κ1) is 13.7. The minimum absolute atomic E-state index is 0. The smallest absolute Gasteiger partial charge is 0.878 e. The molecule has 0 unspecified atom stereocenters. The number of halogens is 2. The normalized spacial score (nSPS) is 9.86. The van der Waals surface area contributed by atoms with E-state index < -0.39 is 11.6 Å². The Morgan fingerprint density at radius 3 is 2.64 bits per heavy atom. The van der Waals surface area contributed by atoms with Gasteiger partial charge < -0.3 is 5.11 Å². The number of allylic oxidation sites excluding steroid dienone is 1. The van der Waals surface area contributed by atoms with Gasteiger partial charge in [0.1, 0.15) is 5.82 Å². The zero-order valence-electron chi connectivity index (χ0n) is 7.46. The van der Waals surface area contributed by atoms with Gasteiger partial charge in [-0.2, -0.15) is 0 Å². The quantitative estimate of drug-likeness (QED) is 0.266. The molecule has 5 heteroatoms. The summed E-state index contributed by atoms with van der Waals surface area (Å²) < 4.78 is 13.0. The van der Waals surface area contributed by atoms with E-state index in [0.29, 0.717) is 6.26 Å². The topological polar surface area (TPSA) is 40.1 Å². The van der Waals surface area contributed by atoms with Crippen LogP contribution in [-0.4, -0.2) is 5.78 Å². The van der Waals surface area contributed by atoms with Crippen molar-refractivity contribution >= 4 is 17.4 Å². The fourth-order valence-electron chi connectivity index (χ4n) is 0.878. The van der Waals surface area contributed by atoms with E-state index in [-0.39, 0.29) is 40.1 Å². The Bertz CT molecular complexity index is 346. The van der Waals surface area contributed by atoms with E-state index >= 15 is 0 Å². The van der Waals surface area contributed by atoms with Crippen LogP contribution in [0.5, 0.6) is 0 Å². The van der Waals surface area contributed by atoms with Crippen molar-refractivity contribution in [3.05, 3.63) is 46.9 Å². The molecule has 0 N–H and O–H groups in total. The summed E-state index contributed by atoms with van der Waals surface area (Å²) >= 11 is 5.56. The molecule has 0 radical (unpaired) electrons. The van der Waals surface area contributed by atoms with Gasteiger partial charge in [0.2, 0.25) is 0 Å². The molecule has 0 amide bonds. The van der Waals surface area contributed by atoms with Crippen LogP contribution in [0, 0.1) is 5.82 Å². The van der Waals surface area contributed by atoms with Crippen molar-refractivity contribution in [3.8, 4) is 0 Å². The molecule has 0 aliphatic carbocycles. The van der Waals surface area contributed by atoms with Gasteiger partial charge in [0.25, 0.3) is 0 Å². The molecule has 0 saturated heterocycles. The third kappa shape index (κ3) is 3.10. The Hall–Kier alpha value is -0.350. The van der Waals surface area contributed by atoms with Crippen LogP contribution in [0.4, 0.5) is 4.39 Å². The van der Waals surface area contributed by atoms with Crippen molar-refractivity contribution < 1.29 is 43.8 Å². The van der Waals surface area contributed by atoms with Crippen LogP contribution in [0.25, 0.3) is 0 Å². The van der Waals surface area contributed by atoms with E-state index in [9.17, 15) is 14.3 Å². The minimum atomic E-state index is -0.726. The summed E-state index contributed by atoms with van der Waals surface area (Å²) in [6, 6.07) is 3.88. The molecule has 0 spiro atoms. The molecule has 0 saturated carbocycles. The molecular weight excluding hydrogens is 218 g/mol. The molecular formula is C9H5ClFNaO2. The van der Waals surface area contributed by atoms with Crippen LogP contribution >= 0.6 is 11.6 Å². The fourth-order valence-corrected chi connectivity index (χ4v) is 1.13. The molecule has 2 nitrogen and oxygen atoms in total. The molecule has 1 aromatic rings. The van der Waals surface area contributed by atoms with Crippen molar-refractivity contribution in [2.24, 2.45) is 0 Å². The van der Waals surface area contributed by atoms with Crippen LogP contribution < -0.4 is 34.7 Å². The van der Waals surface area contributed by atoms with E-state index in [1.165, 1.54) is 12.1 Å². The molecule has 0 aromatic heterocycles. The maximum atomic E-state index is 13.0. The Kier molecular flexibility index (Phi) is 6.04. The van der Waals surface area contributed by atoms with Gasteiger partial charge in [-0.05, 0) is 18.2 Å². The summed E-state index contributed by atoms with van der Waals surface area (Å²) in [4.78, 5) is 11.1. The van der Waals surface area contributed by atoms with Crippen LogP contribution in [-0.2, 0) is 0 Å². The Labute approximate surface area is 108 Å². The number of carbonyl (C=O) groups is 1. The minimum Gasteiger partial charge on any atom is -0.878 e. The van der Waals surface area contributed by atoms with Crippen molar-refractivity contribution in [1.29, 1.82) is 0 Å². The van der Waals surface area contributed by atoms with Crippen molar-refractivity contribution in [2.75, 3.05) is 0 Å². The first-order valence-corrected chi connectivity index (χ1v) is 3.81. The van der Waals surface area contributed by atoms with Gasteiger partial charge in [0, 0.05) is 0 Å². The summed E-state index contributed by atoms with van der Waals surface area (Å²) in [6.07, 6.45) is 1.02. The summed E-state index contributed by atoms with van der Waals surface area (Å²) in [5.74, 6) is -1.45. The van der Waals surface area contributed by atoms with Crippen LogP contribution in [0.3, 0.4) is 0 Å². The standard InChI is InChI=1S/C9H6ClFO2.Na/c10-6-2-1-3-7(11)9(6)8(13)4-5-12;/h1-5,12H;/q;+1/p-1/b5-4+;. The SMILES string of the molecule is O=C(/C=C/[O-])c1c(F)cccc1Cl.[Na+]. The zero-order valence-corrected chi connectivity index (χ0v) is 10.2. The average molecular weight is 223 g/mol. The second-order valence-electron chi connectivity index (χ2n) is 2.26. The molecule has 0 heterocycles. The van der Waals surface area contributed by atoms with Crippen LogP contribution in [0.15, 0.2) is 30.5 Å². The number of ketones is 1. The third-order valence-electron chi connectivity index (χ3n) is 1.43. The van der Waals surface area contributed by atoms with Gasteiger partial charge in [0.05, 0.1) is 10.6 Å². The first-order valence-electron chi connectivity index (χ1n) is 3.43. The Morgan fingerprint density at radius 2 is 2.14 bits per heavy atom. The van der Waals surface area contributed by atoms with Gasteiger partial charge in [-0.15, -0.1) is 6.26 Å². The fraction of sp³-hybridized carbons (Fsp3) is 0. The Morgan fingerprint density at radius 1 is 1.50 bits per heavy atom. The number of hydrogen-bond acceptors (Lipinski definition) is 2. The monoisotopic (exact) mass is 222 g/mol. The molecule has 1 aromatic carbocycles. The molecule has 0 fully saturated rings. The summed E-state index contributed by atoms with van der Waals surface area (Å²) in [5.41, 5.74) is -0.267. The Balaban J connectivity index is 0.00000169. The van der Waals surface area contributed by atoms with E-state index in [1.807, 2.05) is 0 Å². The van der Waals surface area contributed by atoms with Gasteiger partial charge in [-0.1, -0.05) is 17.7 Å². The third-order valence-corrected chi connectivity index (χ3v) is 1.74. The van der Waals surface area contributed by atoms with Crippen molar-refractivity contribution in [1.82, 2.24) is 0 Å². The molecule has 0 aliphatic heterocycles. The molecule has 0 atom stereocenters. The van der Waals surface area contributed by atoms with E-state index in [4.69, 9.17) is 11.6 Å². The van der Waals surface area contributed by atoms with Gasteiger partial charge in [0.15, 0.2) is 5.78 Å². The maximum absolute atomic E-state index is 13.0. The van der Waals surface area contributed by atoms with Gasteiger partial charge in [-0.25, -0.2) is 4.39 Å². The summed E-state index contributed by atoms with van der Waals surface area (Å²) in [7, 11) is 0. The first-order chi connectivity index (χ1) is 6.16. The van der Waals surface area contributed by atoms with Crippen LogP contribution in [0.1, 0.15) is 10.4 Å².